The Bertz CT molecular complexity index is 928. The van der Waals surface area contributed by atoms with Crippen molar-refractivity contribution in [2.45, 2.75) is 39.7 Å². The lowest BCUT2D eigenvalue weighted by Gasteiger charge is -2.09. The lowest BCUT2D eigenvalue weighted by molar-refractivity contribution is 0.387. The van der Waals surface area contributed by atoms with E-state index in [1.807, 2.05) is 18.2 Å². The molecular formula is C23H30FN5. The normalized spacial score (nSPS) is 16.5. The Kier molecular flexibility index (Phi) is 7.47. The van der Waals surface area contributed by atoms with Crippen LogP contribution in [0.15, 0.2) is 43.0 Å². The van der Waals surface area contributed by atoms with Gasteiger partial charge in [-0.1, -0.05) is 19.4 Å². The van der Waals surface area contributed by atoms with E-state index in [0.29, 0.717) is 17.8 Å². The third kappa shape index (κ3) is 5.94. The second kappa shape index (κ2) is 10.3. The van der Waals surface area contributed by atoms with Gasteiger partial charge < -0.3 is 10.2 Å². The number of pyridine rings is 1. The number of hydrogen-bond acceptors (Lipinski definition) is 5. The predicted octanol–water partition coefficient (Wildman–Crippen LogP) is 4.82. The van der Waals surface area contributed by atoms with Crippen LogP contribution < -0.4 is 5.32 Å². The van der Waals surface area contributed by atoms with Gasteiger partial charge >= 0.3 is 0 Å². The minimum absolute atomic E-state index is 0.306. The summed E-state index contributed by atoms with van der Waals surface area (Å²) in [5, 5.41) is 3.18. The molecule has 0 amide bonds. The van der Waals surface area contributed by atoms with Gasteiger partial charge in [-0.3, -0.25) is 15.0 Å². The van der Waals surface area contributed by atoms with E-state index in [1.165, 1.54) is 38.5 Å². The first-order valence-electron chi connectivity index (χ1n) is 10.3. The molecule has 6 heteroatoms. The van der Waals surface area contributed by atoms with Crippen LogP contribution in [0.25, 0.3) is 11.0 Å². The zero-order valence-corrected chi connectivity index (χ0v) is 17.5. The molecule has 154 valence electrons. The Hall–Kier alpha value is -2.60. The van der Waals surface area contributed by atoms with Gasteiger partial charge in [0.1, 0.15) is 5.82 Å². The van der Waals surface area contributed by atoms with Crippen LogP contribution in [-0.4, -0.2) is 40.0 Å². The standard InChI is InChI=1S/C15H13FN4.C8H17N/c1-10-12(16)8-17-9-15(10)20-7-11-2-3-13-14(6-11)19-5-4-18-13;1-3-4-8-5-6-9(2)7-8/h2-6,8-9,20H,7H2,1H3;8H,3-7H2,1-2H3. The van der Waals surface area contributed by atoms with Crippen LogP contribution in [0.2, 0.25) is 0 Å². The van der Waals surface area contributed by atoms with Crippen molar-refractivity contribution in [2.75, 3.05) is 25.5 Å². The average molecular weight is 396 g/mol. The first kappa shape index (κ1) is 21.1. The maximum Gasteiger partial charge on any atom is 0.146 e. The van der Waals surface area contributed by atoms with Gasteiger partial charge in [0.05, 0.1) is 29.1 Å². The number of rotatable bonds is 5. The molecule has 1 aliphatic heterocycles. The number of likely N-dealkylation sites (tertiary alicyclic amines) is 1. The van der Waals surface area contributed by atoms with Gasteiger partial charge in [0.2, 0.25) is 0 Å². The van der Waals surface area contributed by atoms with Crippen molar-refractivity contribution in [3.8, 4) is 0 Å². The van der Waals surface area contributed by atoms with Gasteiger partial charge in [0, 0.05) is 31.0 Å². The zero-order valence-electron chi connectivity index (χ0n) is 17.5. The summed E-state index contributed by atoms with van der Waals surface area (Å²) in [4.78, 5) is 14.8. The highest BCUT2D eigenvalue weighted by Gasteiger charge is 2.17. The first-order chi connectivity index (χ1) is 14.1. The molecule has 1 aliphatic rings. The summed E-state index contributed by atoms with van der Waals surface area (Å²) in [7, 11) is 2.22. The van der Waals surface area contributed by atoms with E-state index < -0.39 is 0 Å². The second-order valence-corrected chi connectivity index (χ2v) is 7.73. The number of hydrogen-bond donors (Lipinski definition) is 1. The Morgan fingerprint density at radius 2 is 1.97 bits per heavy atom. The van der Waals surface area contributed by atoms with E-state index in [-0.39, 0.29) is 5.82 Å². The minimum Gasteiger partial charge on any atom is -0.379 e. The largest absolute Gasteiger partial charge is 0.379 e. The molecule has 1 saturated heterocycles. The molecule has 5 nitrogen and oxygen atoms in total. The number of fused-ring (bicyclic) bond motifs is 1. The number of nitrogens with one attached hydrogen (secondary N) is 1. The van der Waals surface area contributed by atoms with Crippen molar-refractivity contribution < 1.29 is 4.39 Å². The molecule has 1 fully saturated rings. The molecule has 0 radical (unpaired) electrons. The Balaban J connectivity index is 0.000000224. The van der Waals surface area contributed by atoms with Crippen molar-refractivity contribution >= 4 is 16.7 Å². The number of halogens is 1. The van der Waals surface area contributed by atoms with Gasteiger partial charge in [0.25, 0.3) is 0 Å². The summed E-state index contributed by atoms with van der Waals surface area (Å²) in [5.74, 6) is 0.708. The smallest absolute Gasteiger partial charge is 0.146 e. The molecule has 2 aromatic heterocycles. The summed E-state index contributed by atoms with van der Waals surface area (Å²) in [6.07, 6.45) is 10.4. The van der Waals surface area contributed by atoms with Crippen LogP contribution in [0.1, 0.15) is 37.3 Å². The lowest BCUT2D eigenvalue weighted by atomic mass is 10.0. The van der Waals surface area contributed by atoms with Crippen molar-refractivity contribution in [3.63, 3.8) is 0 Å². The first-order valence-corrected chi connectivity index (χ1v) is 10.3. The summed E-state index contributed by atoms with van der Waals surface area (Å²) >= 11 is 0. The summed E-state index contributed by atoms with van der Waals surface area (Å²) in [5.41, 5.74) is 4.03. The van der Waals surface area contributed by atoms with Gasteiger partial charge in [-0.15, -0.1) is 0 Å². The number of aromatic nitrogens is 3. The molecule has 1 unspecified atom stereocenters. The van der Waals surface area contributed by atoms with E-state index in [2.05, 4.69) is 39.1 Å². The monoisotopic (exact) mass is 395 g/mol. The fraction of sp³-hybridized carbons (Fsp3) is 0.435. The summed E-state index contributed by atoms with van der Waals surface area (Å²) in [6, 6.07) is 5.87. The third-order valence-corrected chi connectivity index (χ3v) is 5.36. The molecule has 3 aromatic rings. The number of anilines is 1. The second-order valence-electron chi connectivity index (χ2n) is 7.73. The number of nitrogens with zero attached hydrogens (tertiary/aromatic N) is 4. The van der Waals surface area contributed by atoms with E-state index in [9.17, 15) is 4.39 Å². The fourth-order valence-electron chi connectivity index (χ4n) is 3.66. The van der Waals surface area contributed by atoms with Crippen LogP contribution >= 0.6 is 0 Å². The van der Waals surface area contributed by atoms with E-state index >= 15 is 0 Å². The van der Waals surface area contributed by atoms with Gasteiger partial charge in [-0.2, -0.15) is 0 Å². The maximum atomic E-state index is 13.4. The van der Waals surface area contributed by atoms with E-state index in [4.69, 9.17) is 0 Å². The topological polar surface area (TPSA) is 53.9 Å². The fourth-order valence-corrected chi connectivity index (χ4v) is 3.66. The molecule has 1 aromatic carbocycles. The molecular weight excluding hydrogens is 365 g/mol. The average Bonchev–Trinajstić information content (AvgIpc) is 3.14. The van der Waals surface area contributed by atoms with Crippen LogP contribution in [-0.2, 0) is 6.54 Å². The highest BCUT2D eigenvalue weighted by Crippen LogP contribution is 2.19. The van der Waals surface area contributed by atoms with Gasteiger partial charge in [-0.05, 0) is 57.0 Å². The minimum atomic E-state index is -0.306. The van der Waals surface area contributed by atoms with Crippen molar-refractivity contribution in [3.05, 3.63) is 59.9 Å². The summed E-state index contributed by atoms with van der Waals surface area (Å²) in [6.45, 7) is 7.25. The van der Waals surface area contributed by atoms with Crippen molar-refractivity contribution in [2.24, 2.45) is 5.92 Å². The Morgan fingerprint density at radius 3 is 2.69 bits per heavy atom. The molecule has 0 spiro atoms. The zero-order chi connectivity index (χ0) is 20.6. The maximum absolute atomic E-state index is 13.4. The Labute approximate surface area is 172 Å². The molecule has 3 heterocycles. The Morgan fingerprint density at radius 1 is 1.17 bits per heavy atom. The summed E-state index contributed by atoms with van der Waals surface area (Å²) < 4.78 is 13.4. The molecule has 0 aliphatic carbocycles. The highest BCUT2D eigenvalue weighted by molar-refractivity contribution is 5.74. The van der Waals surface area contributed by atoms with Gasteiger partial charge in [-0.25, -0.2) is 4.39 Å². The van der Waals surface area contributed by atoms with Crippen molar-refractivity contribution in [1.29, 1.82) is 0 Å². The van der Waals surface area contributed by atoms with Crippen LogP contribution in [0.5, 0.6) is 0 Å². The predicted molar refractivity (Wildman–Crippen MR) is 116 cm³/mol. The van der Waals surface area contributed by atoms with Crippen molar-refractivity contribution in [1.82, 2.24) is 19.9 Å². The SMILES string of the molecule is CCCC1CCN(C)C1.Cc1c(F)cncc1NCc1ccc2nccnc2c1. The highest BCUT2D eigenvalue weighted by atomic mass is 19.1. The number of benzene rings is 1. The molecule has 1 atom stereocenters. The molecule has 0 saturated carbocycles. The molecule has 0 bridgehead atoms. The molecule has 1 N–H and O–H groups in total. The lowest BCUT2D eigenvalue weighted by Crippen LogP contribution is -2.13. The van der Waals surface area contributed by atoms with E-state index in [0.717, 1.165) is 22.5 Å². The van der Waals surface area contributed by atoms with Crippen LogP contribution in [0.3, 0.4) is 0 Å². The van der Waals surface area contributed by atoms with Crippen LogP contribution in [0.4, 0.5) is 10.1 Å². The van der Waals surface area contributed by atoms with E-state index in [1.54, 1.807) is 25.5 Å². The quantitative estimate of drug-likeness (QED) is 0.671. The molecule has 29 heavy (non-hydrogen) atoms. The van der Waals surface area contributed by atoms with Gasteiger partial charge in [0.15, 0.2) is 0 Å². The van der Waals surface area contributed by atoms with Crippen LogP contribution in [0, 0.1) is 18.7 Å². The molecule has 4 rings (SSSR count). The third-order valence-electron chi connectivity index (χ3n) is 5.36.